The lowest BCUT2D eigenvalue weighted by Gasteiger charge is -2.33. The summed E-state index contributed by atoms with van der Waals surface area (Å²) in [6, 6.07) is 18.9. The number of carbonyl (C=O) groups is 2. The van der Waals surface area contributed by atoms with Crippen LogP contribution in [0.4, 0.5) is 0 Å². The van der Waals surface area contributed by atoms with E-state index in [1.54, 1.807) is 0 Å². The average Bonchev–Trinajstić information content (AvgIpc) is 3.59. The smallest absolute Gasteiger partial charge is 0.318 e. The lowest BCUT2D eigenvalue weighted by Crippen LogP contribution is -2.40. The van der Waals surface area contributed by atoms with Crippen molar-refractivity contribution in [2.45, 2.75) is 24.2 Å². The fourth-order valence-electron chi connectivity index (χ4n) is 3.11. The maximum atomic E-state index is 12.6. The Balaban J connectivity index is 1.58. The normalized spacial score (nSPS) is 20.6. The second-order valence-electron chi connectivity index (χ2n) is 6.58. The average molecular weight is 368 g/mol. The van der Waals surface area contributed by atoms with Gasteiger partial charge >= 0.3 is 11.9 Å². The van der Waals surface area contributed by atoms with Gasteiger partial charge in [0.15, 0.2) is 5.60 Å². The summed E-state index contributed by atoms with van der Waals surface area (Å²) in [5.41, 5.74) is 0.498. The number of ether oxygens (including phenoxy) is 4. The molecule has 0 aliphatic carbocycles. The van der Waals surface area contributed by atoms with Crippen molar-refractivity contribution in [2.24, 2.45) is 0 Å². The number of carbonyl (C=O) groups excluding carboxylic acids is 2. The molecule has 0 bridgehead atoms. The second-order valence-corrected chi connectivity index (χ2v) is 6.58. The van der Waals surface area contributed by atoms with Crippen LogP contribution < -0.4 is 0 Å². The van der Waals surface area contributed by atoms with E-state index in [2.05, 4.69) is 0 Å². The fraction of sp³-hybridized carbons (Fsp3) is 0.333. The molecule has 0 N–H and O–H groups in total. The van der Waals surface area contributed by atoms with E-state index in [0.29, 0.717) is 13.2 Å². The zero-order valence-electron chi connectivity index (χ0n) is 14.7. The molecule has 0 saturated carbocycles. The predicted molar refractivity (Wildman–Crippen MR) is 94.8 cm³/mol. The van der Waals surface area contributed by atoms with E-state index in [4.69, 9.17) is 18.9 Å². The van der Waals surface area contributed by atoms with E-state index >= 15 is 0 Å². The van der Waals surface area contributed by atoms with Gasteiger partial charge in [0.2, 0.25) is 0 Å². The number of epoxide rings is 2. The van der Waals surface area contributed by atoms with Gasteiger partial charge in [0.1, 0.15) is 25.2 Å². The van der Waals surface area contributed by atoms with Gasteiger partial charge in [-0.3, -0.25) is 9.59 Å². The third kappa shape index (κ3) is 4.02. The number of hydrogen-bond acceptors (Lipinski definition) is 6. The SMILES string of the molecule is O=C(CC(=O)OC(c1ccccc1)(c1ccccc1)C1CO1)OCC1CO1. The fourth-order valence-corrected chi connectivity index (χ4v) is 3.11. The lowest BCUT2D eigenvalue weighted by molar-refractivity contribution is -0.165. The van der Waals surface area contributed by atoms with Crippen molar-refractivity contribution in [3.8, 4) is 0 Å². The molecular formula is C21H20O6. The molecular weight excluding hydrogens is 348 g/mol. The van der Waals surface area contributed by atoms with Crippen molar-refractivity contribution in [1.29, 1.82) is 0 Å². The predicted octanol–water partition coefficient (Wildman–Crippen LogP) is 2.20. The van der Waals surface area contributed by atoms with Gasteiger partial charge in [-0.05, 0) is 0 Å². The highest BCUT2D eigenvalue weighted by atomic mass is 16.6. The zero-order valence-corrected chi connectivity index (χ0v) is 14.7. The van der Waals surface area contributed by atoms with Gasteiger partial charge in [0.05, 0.1) is 13.2 Å². The molecule has 0 spiro atoms. The Labute approximate surface area is 157 Å². The molecule has 27 heavy (non-hydrogen) atoms. The molecule has 6 nitrogen and oxygen atoms in total. The Morgan fingerprint density at radius 1 is 0.889 bits per heavy atom. The summed E-state index contributed by atoms with van der Waals surface area (Å²) in [7, 11) is 0. The summed E-state index contributed by atoms with van der Waals surface area (Å²) < 4.78 is 21.5. The standard InChI is InChI=1S/C21H20O6/c22-19(26-13-17-12-24-17)11-20(23)27-21(18-14-25-18,15-7-3-1-4-8-15)16-9-5-2-6-10-16/h1-10,17-18H,11-14H2. The third-order valence-corrected chi connectivity index (χ3v) is 4.59. The number of hydrogen-bond donors (Lipinski definition) is 0. The molecule has 140 valence electrons. The summed E-state index contributed by atoms with van der Waals surface area (Å²) in [5.74, 6) is -1.28. The lowest BCUT2D eigenvalue weighted by atomic mass is 9.83. The topological polar surface area (TPSA) is 77.7 Å². The van der Waals surface area contributed by atoms with E-state index in [1.807, 2.05) is 60.7 Å². The Bertz CT molecular complexity index is 756. The Hall–Kier alpha value is -2.70. The molecule has 2 atom stereocenters. The van der Waals surface area contributed by atoms with Gasteiger partial charge in [-0.25, -0.2) is 0 Å². The van der Waals surface area contributed by atoms with E-state index in [9.17, 15) is 9.59 Å². The van der Waals surface area contributed by atoms with Gasteiger partial charge in [0.25, 0.3) is 0 Å². The largest absolute Gasteiger partial charge is 0.462 e. The Kier molecular flexibility index (Phi) is 4.92. The van der Waals surface area contributed by atoms with Crippen LogP contribution in [0.5, 0.6) is 0 Å². The van der Waals surface area contributed by atoms with Crippen LogP contribution in [0.1, 0.15) is 17.5 Å². The minimum atomic E-state index is -1.10. The Morgan fingerprint density at radius 3 is 1.93 bits per heavy atom. The van der Waals surface area contributed by atoms with Crippen LogP contribution in [0.3, 0.4) is 0 Å². The van der Waals surface area contributed by atoms with Crippen LogP contribution in [0.15, 0.2) is 60.7 Å². The quantitative estimate of drug-likeness (QED) is 0.404. The van der Waals surface area contributed by atoms with Gasteiger partial charge in [-0.15, -0.1) is 0 Å². The minimum absolute atomic E-state index is 0.0439. The molecule has 0 amide bonds. The van der Waals surface area contributed by atoms with Gasteiger partial charge < -0.3 is 18.9 Å². The van der Waals surface area contributed by atoms with E-state index in [0.717, 1.165) is 11.1 Å². The first-order chi connectivity index (χ1) is 13.2. The number of esters is 2. The van der Waals surface area contributed by atoms with Gasteiger partial charge in [0, 0.05) is 11.1 Å². The molecule has 6 heteroatoms. The summed E-state index contributed by atoms with van der Waals surface area (Å²) >= 11 is 0. The third-order valence-electron chi connectivity index (χ3n) is 4.59. The summed E-state index contributed by atoms with van der Waals surface area (Å²) in [4.78, 5) is 24.5. The molecule has 0 aromatic heterocycles. The monoisotopic (exact) mass is 368 g/mol. The first-order valence-electron chi connectivity index (χ1n) is 8.90. The van der Waals surface area contributed by atoms with Crippen LogP contribution in [-0.4, -0.2) is 44.0 Å². The first-order valence-corrected chi connectivity index (χ1v) is 8.90. The van der Waals surface area contributed by atoms with E-state index in [-0.39, 0.29) is 18.8 Å². The highest BCUT2D eigenvalue weighted by Crippen LogP contribution is 2.43. The maximum absolute atomic E-state index is 12.6. The summed E-state index contributed by atoms with van der Waals surface area (Å²) in [6.45, 7) is 1.22. The van der Waals surface area contributed by atoms with Crippen molar-refractivity contribution < 1.29 is 28.5 Å². The van der Waals surface area contributed by atoms with Crippen LogP contribution >= 0.6 is 0 Å². The van der Waals surface area contributed by atoms with Crippen LogP contribution in [0.25, 0.3) is 0 Å². The molecule has 4 rings (SSSR count). The summed E-state index contributed by atoms with van der Waals surface area (Å²) in [6.07, 6.45) is -0.805. The van der Waals surface area contributed by atoms with Gasteiger partial charge in [-0.2, -0.15) is 0 Å². The number of rotatable bonds is 8. The molecule has 2 aromatic carbocycles. The number of benzene rings is 2. The van der Waals surface area contributed by atoms with Crippen molar-refractivity contribution in [3.63, 3.8) is 0 Å². The minimum Gasteiger partial charge on any atom is -0.462 e. The maximum Gasteiger partial charge on any atom is 0.318 e. The molecule has 2 saturated heterocycles. The molecule has 2 heterocycles. The Morgan fingerprint density at radius 2 is 1.44 bits per heavy atom. The van der Waals surface area contributed by atoms with Crippen LogP contribution in [0.2, 0.25) is 0 Å². The van der Waals surface area contributed by atoms with E-state index < -0.39 is 24.0 Å². The molecule has 2 fully saturated rings. The van der Waals surface area contributed by atoms with E-state index in [1.165, 1.54) is 0 Å². The van der Waals surface area contributed by atoms with Crippen LogP contribution in [0, 0.1) is 0 Å². The van der Waals surface area contributed by atoms with Crippen molar-refractivity contribution in [2.75, 3.05) is 19.8 Å². The molecule has 2 aliphatic rings. The molecule has 2 unspecified atom stereocenters. The van der Waals surface area contributed by atoms with Gasteiger partial charge in [-0.1, -0.05) is 60.7 Å². The molecule has 2 aromatic rings. The van der Waals surface area contributed by atoms with Crippen molar-refractivity contribution >= 4 is 11.9 Å². The second kappa shape index (κ2) is 7.50. The van der Waals surface area contributed by atoms with Crippen molar-refractivity contribution in [1.82, 2.24) is 0 Å². The molecule has 2 aliphatic heterocycles. The van der Waals surface area contributed by atoms with Crippen molar-refractivity contribution in [3.05, 3.63) is 71.8 Å². The zero-order chi connectivity index (χ0) is 18.7. The highest BCUT2D eigenvalue weighted by Gasteiger charge is 2.53. The highest BCUT2D eigenvalue weighted by molar-refractivity contribution is 5.91. The first kappa shape index (κ1) is 17.7. The van der Waals surface area contributed by atoms with Crippen LogP contribution in [-0.2, 0) is 34.1 Å². The summed E-state index contributed by atoms with van der Waals surface area (Å²) in [5, 5.41) is 0. The molecule has 0 radical (unpaired) electrons.